The zero-order valence-electron chi connectivity index (χ0n) is 14.1. The van der Waals surface area contributed by atoms with Crippen LogP contribution in [0.3, 0.4) is 0 Å². The molecule has 0 amide bonds. The molecule has 0 unspecified atom stereocenters. The molecule has 1 N–H and O–H groups in total. The van der Waals surface area contributed by atoms with Gasteiger partial charge in [0, 0.05) is 11.8 Å². The van der Waals surface area contributed by atoms with E-state index in [0.717, 1.165) is 21.9 Å². The van der Waals surface area contributed by atoms with Crippen LogP contribution < -0.4 is 4.74 Å². The van der Waals surface area contributed by atoms with Crippen molar-refractivity contribution in [2.24, 2.45) is 0 Å². The van der Waals surface area contributed by atoms with Crippen LogP contribution in [0.5, 0.6) is 11.5 Å². The van der Waals surface area contributed by atoms with Crippen LogP contribution in [0.2, 0.25) is 0 Å². The Hall–Kier alpha value is -3.01. The molecule has 0 aromatic heterocycles. The van der Waals surface area contributed by atoms with Crippen LogP contribution in [0, 0.1) is 0 Å². The van der Waals surface area contributed by atoms with Crippen LogP contribution in [0.25, 0.3) is 10.8 Å². The van der Waals surface area contributed by atoms with Crippen molar-refractivity contribution >= 4 is 16.7 Å². The molecule has 0 heterocycles. The molecule has 25 heavy (non-hydrogen) atoms. The summed E-state index contributed by atoms with van der Waals surface area (Å²) >= 11 is 0. The van der Waals surface area contributed by atoms with Gasteiger partial charge in [-0.25, -0.2) is 4.79 Å². The van der Waals surface area contributed by atoms with Gasteiger partial charge >= 0.3 is 5.97 Å². The Kier molecular flexibility index (Phi) is 5.19. The van der Waals surface area contributed by atoms with E-state index in [1.807, 2.05) is 60.7 Å². The highest BCUT2D eigenvalue weighted by Crippen LogP contribution is 2.32. The number of carbonyl (C=O) groups is 1. The van der Waals surface area contributed by atoms with E-state index in [0.29, 0.717) is 18.8 Å². The molecule has 0 aliphatic carbocycles. The van der Waals surface area contributed by atoms with Gasteiger partial charge in [0.15, 0.2) is 6.61 Å². The Morgan fingerprint density at radius 2 is 1.72 bits per heavy atom. The number of fused-ring (bicyclic) bond motifs is 1. The fourth-order valence-electron chi connectivity index (χ4n) is 2.78. The Balaban J connectivity index is 1.84. The molecule has 0 fully saturated rings. The number of phenolic OH excluding ortho intramolecular Hbond substituents is 1. The maximum atomic E-state index is 11.5. The number of rotatable bonds is 6. The average molecular weight is 336 g/mol. The standard InChI is InChI=1S/C21H20O4/c1-2-24-20(22)14-25-19-10-6-4-8-16(19)13-17-12-11-15-7-3-5-9-18(15)21(17)23/h3-12,23H,2,13-14H2,1H3. The SMILES string of the molecule is CCOC(=O)COc1ccccc1Cc1ccc2ccccc2c1O. The Labute approximate surface area is 146 Å². The molecule has 4 heteroatoms. The third-order valence-electron chi connectivity index (χ3n) is 3.99. The van der Waals surface area contributed by atoms with Crippen molar-refractivity contribution in [1.29, 1.82) is 0 Å². The first-order valence-electron chi connectivity index (χ1n) is 8.25. The highest BCUT2D eigenvalue weighted by molar-refractivity contribution is 5.89. The van der Waals surface area contributed by atoms with Crippen molar-refractivity contribution in [3.8, 4) is 11.5 Å². The summed E-state index contributed by atoms with van der Waals surface area (Å²) in [6.45, 7) is 1.96. The summed E-state index contributed by atoms with van der Waals surface area (Å²) in [5.74, 6) is 0.493. The molecule has 0 spiro atoms. The first kappa shape index (κ1) is 16.8. The zero-order valence-corrected chi connectivity index (χ0v) is 14.1. The highest BCUT2D eigenvalue weighted by atomic mass is 16.6. The number of esters is 1. The van der Waals surface area contributed by atoms with Gasteiger partial charge in [-0.15, -0.1) is 0 Å². The van der Waals surface area contributed by atoms with Crippen molar-refractivity contribution in [3.63, 3.8) is 0 Å². The van der Waals surface area contributed by atoms with Gasteiger partial charge < -0.3 is 14.6 Å². The summed E-state index contributed by atoms with van der Waals surface area (Å²) in [6.07, 6.45) is 0.510. The predicted molar refractivity (Wildman–Crippen MR) is 97.0 cm³/mol. The van der Waals surface area contributed by atoms with Gasteiger partial charge in [0.1, 0.15) is 11.5 Å². The highest BCUT2D eigenvalue weighted by Gasteiger charge is 2.11. The minimum absolute atomic E-state index is 0.130. The molecule has 4 nitrogen and oxygen atoms in total. The molecule has 3 aromatic rings. The Morgan fingerprint density at radius 1 is 0.960 bits per heavy atom. The topological polar surface area (TPSA) is 55.8 Å². The van der Waals surface area contributed by atoms with E-state index in [1.54, 1.807) is 6.92 Å². The average Bonchev–Trinajstić information content (AvgIpc) is 2.64. The van der Waals surface area contributed by atoms with E-state index < -0.39 is 5.97 Å². The summed E-state index contributed by atoms with van der Waals surface area (Å²) in [4.78, 5) is 11.5. The first-order valence-corrected chi connectivity index (χ1v) is 8.25. The number of benzene rings is 3. The first-order chi connectivity index (χ1) is 12.2. The van der Waals surface area contributed by atoms with Crippen LogP contribution in [-0.4, -0.2) is 24.3 Å². The van der Waals surface area contributed by atoms with E-state index >= 15 is 0 Å². The van der Waals surface area contributed by atoms with E-state index in [1.165, 1.54) is 0 Å². The maximum absolute atomic E-state index is 11.5. The number of carbonyl (C=O) groups excluding carboxylic acids is 1. The minimum atomic E-state index is -0.397. The molecule has 0 saturated heterocycles. The van der Waals surface area contributed by atoms with Crippen LogP contribution >= 0.6 is 0 Å². The smallest absolute Gasteiger partial charge is 0.344 e. The fraction of sp³-hybridized carbons (Fsp3) is 0.190. The third kappa shape index (κ3) is 3.91. The lowest BCUT2D eigenvalue weighted by Gasteiger charge is -2.13. The minimum Gasteiger partial charge on any atom is -0.507 e. The van der Waals surface area contributed by atoms with Crippen molar-refractivity contribution in [3.05, 3.63) is 71.8 Å². The second kappa shape index (κ2) is 7.71. The molecule has 3 rings (SSSR count). The van der Waals surface area contributed by atoms with Crippen LogP contribution in [-0.2, 0) is 16.0 Å². The molecular formula is C21H20O4. The van der Waals surface area contributed by atoms with Gasteiger partial charge in [-0.2, -0.15) is 0 Å². The largest absolute Gasteiger partial charge is 0.507 e. The van der Waals surface area contributed by atoms with Gasteiger partial charge in [0.05, 0.1) is 6.61 Å². The lowest BCUT2D eigenvalue weighted by molar-refractivity contribution is -0.145. The number of para-hydroxylation sites is 1. The normalized spacial score (nSPS) is 10.6. The van der Waals surface area contributed by atoms with Crippen molar-refractivity contribution < 1.29 is 19.4 Å². The van der Waals surface area contributed by atoms with E-state index in [9.17, 15) is 9.90 Å². The molecule has 0 aliphatic heterocycles. The molecule has 0 aliphatic rings. The molecule has 0 saturated carbocycles. The molecule has 128 valence electrons. The summed E-state index contributed by atoms with van der Waals surface area (Å²) in [7, 11) is 0. The summed E-state index contributed by atoms with van der Waals surface area (Å²) in [5.41, 5.74) is 1.71. The quantitative estimate of drug-likeness (QED) is 0.689. The van der Waals surface area contributed by atoms with Gasteiger partial charge in [-0.05, 0) is 29.5 Å². The van der Waals surface area contributed by atoms with Gasteiger partial charge in [0.2, 0.25) is 0 Å². The Morgan fingerprint density at radius 3 is 2.56 bits per heavy atom. The van der Waals surface area contributed by atoms with Crippen molar-refractivity contribution in [1.82, 2.24) is 0 Å². The molecule has 0 atom stereocenters. The van der Waals surface area contributed by atoms with Crippen LogP contribution in [0.4, 0.5) is 0 Å². The number of hydrogen-bond acceptors (Lipinski definition) is 4. The molecule has 0 radical (unpaired) electrons. The maximum Gasteiger partial charge on any atom is 0.344 e. The van der Waals surface area contributed by atoms with Crippen LogP contribution in [0.15, 0.2) is 60.7 Å². The molecule has 3 aromatic carbocycles. The van der Waals surface area contributed by atoms with Crippen LogP contribution in [0.1, 0.15) is 18.1 Å². The summed E-state index contributed by atoms with van der Waals surface area (Å²) in [6, 6.07) is 19.1. The monoisotopic (exact) mass is 336 g/mol. The molecular weight excluding hydrogens is 316 g/mol. The summed E-state index contributed by atoms with van der Waals surface area (Å²) in [5, 5.41) is 12.4. The molecule has 0 bridgehead atoms. The number of phenols is 1. The van der Waals surface area contributed by atoms with E-state index in [4.69, 9.17) is 9.47 Å². The van der Waals surface area contributed by atoms with Gasteiger partial charge in [-0.1, -0.05) is 54.6 Å². The van der Waals surface area contributed by atoms with Crippen molar-refractivity contribution in [2.45, 2.75) is 13.3 Å². The predicted octanol–water partition coefficient (Wildman–Crippen LogP) is 4.08. The number of ether oxygens (including phenoxy) is 2. The van der Waals surface area contributed by atoms with Gasteiger partial charge in [-0.3, -0.25) is 0 Å². The second-order valence-corrected chi connectivity index (χ2v) is 5.67. The van der Waals surface area contributed by atoms with Gasteiger partial charge in [0.25, 0.3) is 0 Å². The second-order valence-electron chi connectivity index (χ2n) is 5.67. The van der Waals surface area contributed by atoms with E-state index in [-0.39, 0.29) is 12.4 Å². The Bertz CT molecular complexity index is 886. The zero-order chi connectivity index (χ0) is 17.6. The third-order valence-corrected chi connectivity index (χ3v) is 3.99. The number of aromatic hydroxyl groups is 1. The van der Waals surface area contributed by atoms with Crippen molar-refractivity contribution in [2.75, 3.05) is 13.2 Å². The summed E-state index contributed by atoms with van der Waals surface area (Å²) < 4.78 is 10.5. The fourth-order valence-corrected chi connectivity index (χ4v) is 2.78. The van der Waals surface area contributed by atoms with E-state index in [2.05, 4.69) is 0 Å². The lowest BCUT2D eigenvalue weighted by atomic mass is 9.99. The lowest BCUT2D eigenvalue weighted by Crippen LogP contribution is -2.15. The number of hydrogen-bond donors (Lipinski definition) is 1.